The smallest absolute Gasteiger partial charge is 0.251 e. The minimum absolute atomic E-state index is 0.0636. The molecule has 0 aliphatic heterocycles. The molecular formula is C31H34N4O2S. The molecule has 2 N–H and O–H groups in total. The number of aromatic nitrogens is 2. The maximum absolute atomic E-state index is 12.7. The van der Waals surface area contributed by atoms with Crippen molar-refractivity contribution in [3.05, 3.63) is 88.6 Å². The molecule has 0 atom stereocenters. The number of carbonyl (C=O) groups is 2. The first kappa shape index (κ1) is 27.2. The molecular weight excluding hydrogens is 492 g/mol. The Hall–Kier alpha value is -3.84. The number of anilines is 1. The fourth-order valence-electron chi connectivity index (χ4n) is 4.14. The number of nitrogens with one attached hydrogen (secondary N) is 2. The van der Waals surface area contributed by atoms with Gasteiger partial charge in [-0.1, -0.05) is 58.0 Å². The predicted molar refractivity (Wildman–Crippen MR) is 156 cm³/mol. The molecule has 0 saturated heterocycles. The quantitative estimate of drug-likeness (QED) is 0.265. The van der Waals surface area contributed by atoms with Crippen LogP contribution in [0, 0.1) is 19.8 Å². The summed E-state index contributed by atoms with van der Waals surface area (Å²) < 4.78 is 0. The lowest BCUT2D eigenvalue weighted by Gasteiger charge is -2.30. The third-order valence-electron chi connectivity index (χ3n) is 7.05. The van der Waals surface area contributed by atoms with Crippen LogP contribution in [0.4, 0.5) is 5.13 Å². The number of hydrogen-bond donors (Lipinski definition) is 2. The van der Waals surface area contributed by atoms with E-state index in [0.29, 0.717) is 16.6 Å². The first-order valence-electron chi connectivity index (χ1n) is 12.7. The lowest BCUT2D eigenvalue weighted by Crippen LogP contribution is -2.33. The minimum Gasteiger partial charge on any atom is -0.343 e. The van der Waals surface area contributed by atoms with Crippen molar-refractivity contribution >= 4 is 28.3 Å². The van der Waals surface area contributed by atoms with E-state index in [9.17, 15) is 9.59 Å². The van der Waals surface area contributed by atoms with Gasteiger partial charge < -0.3 is 10.6 Å². The summed E-state index contributed by atoms with van der Waals surface area (Å²) in [5.41, 5.74) is 7.45. The monoisotopic (exact) mass is 526 g/mol. The molecule has 0 unspecified atom stereocenters. The molecule has 2 amide bonds. The lowest BCUT2D eigenvalue weighted by molar-refractivity contribution is -0.115. The second kappa shape index (κ2) is 11.3. The molecule has 0 aliphatic rings. The van der Waals surface area contributed by atoms with E-state index in [4.69, 9.17) is 0 Å². The Kier molecular flexibility index (Phi) is 8.07. The van der Waals surface area contributed by atoms with E-state index in [-0.39, 0.29) is 23.8 Å². The van der Waals surface area contributed by atoms with Crippen molar-refractivity contribution in [2.24, 2.45) is 5.92 Å². The Labute approximate surface area is 228 Å². The van der Waals surface area contributed by atoms with Crippen LogP contribution in [-0.2, 0) is 10.2 Å². The van der Waals surface area contributed by atoms with Crippen LogP contribution in [0.15, 0.2) is 66.0 Å². The van der Waals surface area contributed by atoms with Gasteiger partial charge in [0.25, 0.3) is 5.91 Å². The van der Waals surface area contributed by atoms with Crippen LogP contribution in [0.2, 0.25) is 0 Å². The number of carbonyl (C=O) groups excluding carboxylic acids is 2. The SMILES string of the molecule is Cc1cc(-c2cccc(-c3csc(NC(=O)CNC(=O)c4cccc(C(C)(C)C(C)C)c4)n3)c2)cc(C)n1. The topological polar surface area (TPSA) is 84.0 Å². The van der Waals surface area contributed by atoms with Crippen molar-refractivity contribution in [2.75, 3.05) is 11.9 Å². The van der Waals surface area contributed by atoms with Crippen LogP contribution in [0.5, 0.6) is 0 Å². The standard InChI is InChI=1S/C31H34N4O2S/c1-19(2)31(5,6)26-12-8-11-24(16-26)29(37)32-17-28(36)35-30-34-27(18-38-30)23-10-7-9-22(15-23)25-13-20(3)33-21(4)14-25/h7-16,18-19H,17H2,1-6H3,(H,32,37)(H,34,35,36). The van der Waals surface area contributed by atoms with Gasteiger partial charge in [-0.05, 0) is 72.2 Å². The van der Waals surface area contributed by atoms with E-state index in [2.05, 4.69) is 72.6 Å². The molecule has 7 heteroatoms. The van der Waals surface area contributed by atoms with Crippen LogP contribution >= 0.6 is 11.3 Å². The number of pyridine rings is 1. The van der Waals surface area contributed by atoms with Crippen molar-refractivity contribution in [3.8, 4) is 22.4 Å². The minimum atomic E-state index is -0.325. The molecule has 4 aromatic rings. The fourth-order valence-corrected chi connectivity index (χ4v) is 4.88. The first-order valence-corrected chi connectivity index (χ1v) is 13.6. The van der Waals surface area contributed by atoms with Gasteiger partial charge in [0.05, 0.1) is 12.2 Å². The summed E-state index contributed by atoms with van der Waals surface area (Å²) in [6, 6.07) is 19.9. The second-order valence-corrected chi connectivity index (χ2v) is 11.3. The van der Waals surface area contributed by atoms with Gasteiger partial charge in [-0.2, -0.15) is 0 Å². The highest BCUT2D eigenvalue weighted by molar-refractivity contribution is 7.14. The average molecular weight is 527 g/mol. The molecule has 196 valence electrons. The van der Waals surface area contributed by atoms with Crippen molar-refractivity contribution < 1.29 is 9.59 Å². The molecule has 4 rings (SSSR count). The van der Waals surface area contributed by atoms with Crippen LogP contribution in [0.3, 0.4) is 0 Å². The maximum Gasteiger partial charge on any atom is 0.251 e. The predicted octanol–water partition coefficient (Wildman–Crippen LogP) is 6.79. The van der Waals surface area contributed by atoms with Crippen molar-refractivity contribution in [1.29, 1.82) is 0 Å². The summed E-state index contributed by atoms with van der Waals surface area (Å²) in [6.07, 6.45) is 0. The summed E-state index contributed by atoms with van der Waals surface area (Å²) >= 11 is 1.35. The fraction of sp³-hybridized carbons (Fsp3) is 0.290. The van der Waals surface area contributed by atoms with Crippen LogP contribution in [-0.4, -0.2) is 28.3 Å². The molecule has 0 fully saturated rings. The van der Waals surface area contributed by atoms with E-state index >= 15 is 0 Å². The number of nitrogens with zero attached hydrogens (tertiary/aromatic N) is 2. The van der Waals surface area contributed by atoms with Gasteiger partial charge in [0.15, 0.2) is 5.13 Å². The summed E-state index contributed by atoms with van der Waals surface area (Å²) in [5, 5.41) is 7.92. The second-order valence-electron chi connectivity index (χ2n) is 10.4. The summed E-state index contributed by atoms with van der Waals surface area (Å²) in [7, 11) is 0. The summed E-state index contributed by atoms with van der Waals surface area (Å²) in [6.45, 7) is 12.5. The van der Waals surface area contributed by atoms with E-state index in [1.165, 1.54) is 11.3 Å². The molecule has 0 aliphatic carbocycles. The number of rotatable bonds is 8. The molecule has 0 bridgehead atoms. The van der Waals surface area contributed by atoms with Gasteiger partial charge >= 0.3 is 0 Å². The van der Waals surface area contributed by atoms with Crippen LogP contribution in [0.1, 0.15) is 55.0 Å². The highest BCUT2D eigenvalue weighted by Gasteiger charge is 2.25. The number of aryl methyl sites for hydroxylation is 2. The molecule has 2 heterocycles. The van der Waals surface area contributed by atoms with E-state index in [0.717, 1.165) is 39.3 Å². The average Bonchev–Trinajstić information content (AvgIpc) is 3.35. The zero-order valence-corrected chi connectivity index (χ0v) is 23.6. The van der Waals surface area contributed by atoms with Crippen molar-refractivity contribution in [2.45, 2.75) is 47.0 Å². The van der Waals surface area contributed by atoms with Crippen LogP contribution in [0.25, 0.3) is 22.4 Å². The lowest BCUT2D eigenvalue weighted by atomic mass is 9.75. The van der Waals surface area contributed by atoms with Gasteiger partial charge in [0.1, 0.15) is 0 Å². The molecule has 0 radical (unpaired) electrons. The normalized spacial score (nSPS) is 11.4. The number of hydrogen-bond acceptors (Lipinski definition) is 5. The van der Waals surface area contributed by atoms with E-state index < -0.39 is 0 Å². The Morgan fingerprint density at radius 3 is 2.29 bits per heavy atom. The Morgan fingerprint density at radius 1 is 0.895 bits per heavy atom. The number of thiazole rings is 1. The Bertz CT molecular complexity index is 1450. The molecule has 0 spiro atoms. The molecule has 2 aromatic carbocycles. The van der Waals surface area contributed by atoms with E-state index in [1.807, 2.05) is 49.6 Å². The Balaban J connectivity index is 1.38. The van der Waals surface area contributed by atoms with Gasteiger partial charge in [-0.25, -0.2) is 4.98 Å². The largest absolute Gasteiger partial charge is 0.343 e. The Morgan fingerprint density at radius 2 is 1.58 bits per heavy atom. The molecule has 6 nitrogen and oxygen atoms in total. The van der Waals surface area contributed by atoms with Gasteiger partial charge in [-0.3, -0.25) is 14.6 Å². The zero-order chi connectivity index (χ0) is 27.4. The third-order valence-corrected chi connectivity index (χ3v) is 7.80. The number of amides is 2. The van der Waals surface area contributed by atoms with Crippen molar-refractivity contribution in [3.63, 3.8) is 0 Å². The first-order chi connectivity index (χ1) is 18.0. The summed E-state index contributed by atoms with van der Waals surface area (Å²) in [5.74, 6) is -0.185. The van der Waals surface area contributed by atoms with E-state index in [1.54, 1.807) is 6.07 Å². The van der Waals surface area contributed by atoms with Gasteiger partial charge in [-0.15, -0.1) is 11.3 Å². The molecule has 0 saturated carbocycles. The third kappa shape index (κ3) is 6.34. The zero-order valence-electron chi connectivity index (χ0n) is 22.8. The van der Waals surface area contributed by atoms with Crippen molar-refractivity contribution in [1.82, 2.24) is 15.3 Å². The van der Waals surface area contributed by atoms with Gasteiger partial charge in [0, 0.05) is 27.9 Å². The number of benzene rings is 2. The highest BCUT2D eigenvalue weighted by Crippen LogP contribution is 2.32. The van der Waals surface area contributed by atoms with Crippen LogP contribution < -0.4 is 10.6 Å². The maximum atomic E-state index is 12.7. The summed E-state index contributed by atoms with van der Waals surface area (Å²) in [4.78, 5) is 34.3. The van der Waals surface area contributed by atoms with Gasteiger partial charge in [0.2, 0.25) is 5.91 Å². The highest BCUT2D eigenvalue weighted by atomic mass is 32.1. The molecule has 38 heavy (non-hydrogen) atoms. The molecule has 2 aromatic heterocycles.